The second-order valence-electron chi connectivity index (χ2n) is 5.11. The number of hydrogen-bond acceptors (Lipinski definition) is 4. The topological polar surface area (TPSA) is 92.7 Å². The van der Waals surface area contributed by atoms with Gasteiger partial charge in [-0.1, -0.05) is 18.2 Å². The van der Waals surface area contributed by atoms with E-state index < -0.39 is 22.8 Å². The number of carboxylic acids is 1. The van der Waals surface area contributed by atoms with Crippen molar-refractivity contribution in [3.8, 4) is 0 Å². The molecule has 0 spiro atoms. The van der Waals surface area contributed by atoms with Crippen molar-refractivity contribution in [2.45, 2.75) is 23.8 Å². The van der Waals surface area contributed by atoms with Crippen LogP contribution in [0.15, 0.2) is 35.2 Å². The lowest BCUT2D eigenvalue weighted by Gasteiger charge is -2.16. The lowest BCUT2D eigenvalue weighted by Crippen LogP contribution is -2.44. The van der Waals surface area contributed by atoms with Gasteiger partial charge in [-0.15, -0.1) is 0 Å². The summed E-state index contributed by atoms with van der Waals surface area (Å²) >= 11 is 0. The highest BCUT2D eigenvalue weighted by atomic mass is 32.2. The van der Waals surface area contributed by atoms with Crippen LogP contribution in [0.3, 0.4) is 0 Å². The van der Waals surface area contributed by atoms with Crippen LogP contribution >= 0.6 is 0 Å². The van der Waals surface area contributed by atoms with Gasteiger partial charge in [0.2, 0.25) is 5.91 Å². The summed E-state index contributed by atoms with van der Waals surface area (Å²) in [7, 11) is -1.28. The Kier molecular flexibility index (Phi) is 6.09. The average molecular weight is 325 g/mol. The maximum atomic E-state index is 12.1. The standard InChI is InChI=1S/C15H19NO5S/c17-14(11-6-8-21-10-11)16-13(15(18)19)7-9-22(20)12-4-2-1-3-5-12/h1-5,11,13H,6-10H2,(H,16,17)(H,18,19)/t11-,13+,22+/m0/s1. The van der Waals surface area contributed by atoms with Crippen LogP contribution in [0.1, 0.15) is 12.8 Å². The number of rotatable bonds is 7. The molecule has 0 unspecified atom stereocenters. The molecule has 1 amide bonds. The fourth-order valence-corrected chi connectivity index (χ4v) is 3.35. The number of benzene rings is 1. The number of aliphatic carboxylic acids is 1. The molecule has 1 saturated heterocycles. The quantitative estimate of drug-likeness (QED) is 0.773. The minimum atomic E-state index is -1.28. The lowest BCUT2D eigenvalue weighted by atomic mass is 10.1. The van der Waals surface area contributed by atoms with E-state index in [9.17, 15) is 18.9 Å². The summed E-state index contributed by atoms with van der Waals surface area (Å²) in [6, 6.07) is 7.83. The molecule has 2 rings (SSSR count). The molecule has 0 saturated carbocycles. The van der Waals surface area contributed by atoms with Crippen LogP contribution in [0.25, 0.3) is 0 Å². The van der Waals surface area contributed by atoms with Gasteiger partial charge in [0.05, 0.1) is 23.3 Å². The van der Waals surface area contributed by atoms with Crippen LogP contribution in [0, 0.1) is 5.92 Å². The van der Waals surface area contributed by atoms with Gasteiger partial charge in [0.25, 0.3) is 0 Å². The Labute approximate surface area is 131 Å². The normalized spacial score (nSPS) is 20.3. The van der Waals surface area contributed by atoms with Crippen LogP contribution in [-0.4, -0.2) is 46.2 Å². The number of nitrogens with one attached hydrogen (secondary N) is 1. The highest BCUT2D eigenvalue weighted by molar-refractivity contribution is 7.85. The monoisotopic (exact) mass is 325 g/mol. The first-order valence-corrected chi connectivity index (χ1v) is 8.44. The average Bonchev–Trinajstić information content (AvgIpc) is 3.06. The Morgan fingerprint density at radius 1 is 1.36 bits per heavy atom. The molecule has 1 heterocycles. The van der Waals surface area contributed by atoms with Gasteiger partial charge in [-0.2, -0.15) is 0 Å². The van der Waals surface area contributed by atoms with Crippen molar-refractivity contribution in [1.82, 2.24) is 5.32 Å². The number of hydrogen-bond donors (Lipinski definition) is 2. The van der Waals surface area contributed by atoms with Crippen LogP contribution in [-0.2, 0) is 25.1 Å². The first kappa shape index (κ1) is 16.6. The molecule has 2 N–H and O–H groups in total. The smallest absolute Gasteiger partial charge is 0.326 e. The third kappa shape index (κ3) is 4.64. The minimum Gasteiger partial charge on any atom is -0.480 e. The number of carbonyl (C=O) groups excluding carboxylic acids is 1. The Bertz CT molecular complexity index is 542. The highest BCUT2D eigenvalue weighted by Gasteiger charge is 2.28. The first-order valence-electron chi connectivity index (χ1n) is 7.12. The SMILES string of the molecule is O=C(N[C@H](CC[S@@](=O)c1ccccc1)C(=O)O)[C@H]1CCOC1. The summed E-state index contributed by atoms with van der Waals surface area (Å²) in [5, 5.41) is 11.7. The minimum absolute atomic E-state index is 0.121. The number of ether oxygens (including phenoxy) is 1. The fraction of sp³-hybridized carbons (Fsp3) is 0.467. The van der Waals surface area contributed by atoms with Crippen molar-refractivity contribution in [3.05, 3.63) is 30.3 Å². The predicted molar refractivity (Wildman–Crippen MR) is 80.8 cm³/mol. The van der Waals surface area contributed by atoms with E-state index in [1.807, 2.05) is 6.07 Å². The van der Waals surface area contributed by atoms with Gasteiger partial charge in [0.15, 0.2) is 0 Å². The highest BCUT2D eigenvalue weighted by Crippen LogP contribution is 2.13. The molecule has 1 aromatic carbocycles. The summed E-state index contributed by atoms with van der Waals surface area (Å²) in [6.45, 7) is 0.849. The molecule has 22 heavy (non-hydrogen) atoms. The van der Waals surface area contributed by atoms with Crippen LogP contribution < -0.4 is 5.32 Å². The molecule has 0 radical (unpaired) electrons. The Hall–Kier alpha value is -1.73. The predicted octanol–water partition coefficient (Wildman–Crippen LogP) is 0.790. The zero-order chi connectivity index (χ0) is 15.9. The molecular formula is C15H19NO5S. The van der Waals surface area contributed by atoms with E-state index in [0.29, 0.717) is 24.5 Å². The largest absolute Gasteiger partial charge is 0.480 e. The Morgan fingerprint density at radius 3 is 2.68 bits per heavy atom. The van der Waals surface area contributed by atoms with Gasteiger partial charge in [-0.3, -0.25) is 9.00 Å². The van der Waals surface area contributed by atoms with Gasteiger partial charge in [-0.05, 0) is 25.0 Å². The van der Waals surface area contributed by atoms with E-state index in [-0.39, 0.29) is 24.0 Å². The number of amides is 1. The molecule has 1 fully saturated rings. The molecule has 0 aromatic heterocycles. The zero-order valence-electron chi connectivity index (χ0n) is 12.1. The summed E-state index contributed by atoms with van der Waals surface area (Å²) in [6.07, 6.45) is 0.726. The first-order chi connectivity index (χ1) is 10.6. The molecule has 0 aliphatic carbocycles. The second-order valence-corrected chi connectivity index (χ2v) is 6.68. The summed E-state index contributed by atoms with van der Waals surface area (Å²) < 4.78 is 17.2. The van der Waals surface area contributed by atoms with Gasteiger partial charge in [0, 0.05) is 17.3 Å². The van der Waals surface area contributed by atoms with Gasteiger partial charge >= 0.3 is 5.97 Å². The molecule has 120 valence electrons. The number of carboxylic acid groups (broad SMARTS) is 1. The summed E-state index contributed by atoms with van der Waals surface area (Å²) in [5.74, 6) is -1.53. The Morgan fingerprint density at radius 2 is 2.09 bits per heavy atom. The molecule has 7 heteroatoms. The molecule has 1 aliphatic rings. The molecule has 6 nitrogen and oxygen atoms in total. The van der Waals surface area contributed by atoms with Crippen molar-refractivity contribution >= 4 is 22.7 Å². The van der Waals surface area contributed by atoms with E-state index in [4.69, 9.17) is 4.74 Å². The van der Waals surface area contributed by atoms with E-state index in [1.165, 1.54) is 0 Å². The van der Waals surface area contributed by atoms with Crippen molar-refractivity contribution in [2.24, 2.45) is 5.92 Å². The summed E-state index contributed by atoms with van der Waals surface area (Å²) in [4.78, 5) is 23.9. The molecule has 0 bridgehead atoms. The third-order valence-corrected chi connectivity index (χ3v) is 4.92. The van der Waals surface area contributed by atoms with Crippen molar-refractivity contribution < 1.29 is 23.6 Å². The van der Waals surface area contributed by atoms with E-state index >= 15 is 0 Å². The van der Waals surface area contributed by atoms with Crippen LogP contribution in [0.2, 0.25) is 0 Å². The van der Waals surface area contributed by atoms with E-state index in [1.54, 1.807) is 24.3 Å². The maximum Gasteiger partial charge on any atom is 0.326 e. The fourth-order valence-electron chi connectivity index (χ4n) is 2.20. The number of carbonyl (C=O) groups is 2. The van der Waals surface area contributed by atoms with E-state index in [0.717, 1.165) is 0 Å². The lowest BCUT2D eigenvalue weighted by molar-refractivity contribution is -0.142. The second kappa shape index (κ2) is 8.05. The van der Waals surface area contributed by atoms with Gasteiger partial charge in [-0.25, -0.2) is 4.79 Å². The molecule has 3 atom stereocenters. The van der Waals surface area contributed by atoms with Crippen molar-refractivity contribution in [3.63, 3.8) is 0 Å². The van der Waals surface area contributed by atoms with Crippen LogP contribution in [0.5, 0.6) is 0 Å². The van der Waals surface area contributed by atoms with Gasteiger partial charge in [0.1, 0.15) is 6.04 Å². The van der Waals surface area contributed by atoms with E-state index in [2.05, 4.69) is 5.32 Å². The maximum absolute atomic E-state index is 12.1. The molecule has 1 aliphatic heterocycles. The van der Waals surface area contributed by atoms with Gasteiger partial charge < -0.3 is 15.2 Å². The molecular weight excluding hydrogens is 306 g/mol. The molecule has 1 aromatic rings. The van der Waals surface area contributed by atoms with Crippen molar-refractivity contribution in [1.29, 1.82) is 0 Å². The zero-order valence-corrected chi connectivity index (χ0v) is 12.9. The van der Waals surface area contributed by atoms with Crippen molar-refractivity contribution in [2.75, 3.05) is 19.0 Å². The Balaban J connectivity index is 1.87. The van der Waals surface area contributed by atoms with Crippen LogP contribution in [0.4, 0.5) is 0 Å². The summed E-state index contributed by atoms with van der Waals surface area (Å²) in [5.41, 5.74) is 0. The third-order valence-electron chi connectivity index (χ3n) is 3.51.